The second-order valence-electron chi connectivity index (χ2n) is 6.11. The highest BCUT2D eigenvalue weighted by Gasteiger charge is 2.26. The van der Waals surface area contributed by atoms with Crippen LogP contribution >= 0.6 is 0 Å². The maximum Gasteiger partial charge on any atom is 0.241 e. The largest absolute Gasteiger partial charge is 0.354 e. The molecule has 18 heavy (non-hydrogen) atoms. The molecule has 3 nitrogen and oxygen atoms in total. The predicted octanol–water partition coefficient (Wildman–Crippen LogP) is 2.04. The van der Waals surface area contributed by atoms with E-state index in [2.05, 4.69) is 37.5 Å². The first-order valence-electron chi connectivity index (χ1n) is 6.56. The highest BCUT2D eigenvalue weighted by atomic mass is 16.2. The highest BCUT2D eigenvalue weighted by Crippen LogP contribution is 2.23. The minimum Gasteiger partial charge on any atom is -0.354 e. The molecule has 1 aliphatic heterocycles. The van der Waals surface area contributed by atoms with Crippen molar-refractivity contribution in [2.45, 2.75) is 33.2 Å². The van der Waals surface area contributed by atoms with Gasteiger partial charge < -0.3 is 10.6 Å². The fourth-order valence-electron chi connectivity index (χ4n) is 2.19. The summed E-state index contributed by atoms with van der Waals surface area (Å²) in [6, 6.07) is 7.99. The average molecular weight is 246 g/mol. The molecular formula is C15H22N2O. The van der Waals surface area contributed by atoms with Crippen molar-refractivity contribution in [1.29, 1.82) is 0 Å². The quantitative estimate of drug-likeness (QED) is 0.838. The van der Waals surface area contributed by atoms with Gasteiger partial charge in [-0.1, -0.05) is 45.0 Å². The van der Waals surface area contributed by atoms with E-state index in [-0.39, 0.29) is 17.4 Å². The summed E-state index contributed by atoms with van der Waals surface area (Å²) in [6.45, 7) is 7.93. The van der Waals surface area contributed by atoms with E-state index in [1.165, 1.54) is 5.56 Å². The van der Waals surface area contributed by atoms with Gasteiger partial charge in [0.2, 0.25) is 5.91 Å². The average Bonchev–Trinajstić information content (AvgIpc) is 2.34. The zero-order valence-electron chi connectivity index (χ0n) is 11.4. The van der Waals surface area contributed by atoms with Gasteiger partial charge in [-0.2, -0.15) is 0 Å². The summed E-state index contributed by atoms with van der Waals surface area (Å²) >= 11 is 0. The van der Waals surface area contributed by atoms with Crippen molar-refractivity contribution in [3.05, 3.63) is 35.4 Å². The van der Waals surface area contributed by atoms with Crippen molar-refractivity contribution in [3.63, 3.8) is 0 Å². The molecule has 1 amide bonds. The number of amides is 1. The van der Waals surface area contributed by atoms with Gasteiger partial charge in [-0.05, 0) is 23.0 Å². The fourth-order valence-corrected chi connectivity index (χ4v) is 2.19. The number of benzene rings is 1. The van der Waals surface area contributed by atoms with E-state index in [1.807, 2.05) is 18.2 Å². The molecule has 0 saturated carbocycles. The topological polar surface area (TPSA) is 41.1 Å². The smallest absolute Gasteiger partial charge is 0.241 e. The van der Waals surface area contributed by atoms with Crippen LogP contribution in [0.3, 0.4) is 0 Å². The third-order valence-electron chi connectivity index (χ3n) is 3.16. The lowest BCUT2D eigenvalue weighted by Gasteiger charge is -2.27. The van der Waals surface area contributed by atoms with E-state index >= 15 is 0 Å². The molecule has 1 heterocycles. The molecule has 2 N–H and O–H groups in total. The number of rotatable bonds is 2. The molecule has 0 bridgehead atoms. The molecule has 2 rings (SSSR count). The Labute approximate surface area is 109 Å². The molecule has 0 aromatic heterocycles. The van der Waals surface area contributed by atoms with E-state index in [4.69, 9.17) is 0 Å². The number of nitrogens with one attached hydrogen (secondary N) is 2. The zero-order valence-corrected chi connectivity index (χ0v) is 11.4. The van der Waals surface area contributed by atoms with Gasteiger partial charge in [0.1, 0.15) is 6.04 Å². The van der Waals surface area contributed by atoms with Crippen LogP contribution < -0.4 is 10.6 Å². The first-order chi connectivity index (χ1) is 8.47. The monoisotopic (exact) mass is 246 g/mol. The zero-order chi connectivity index (χ0) is 13.2. The van der Waals surface area contributed by atoms with Crippen molar-refractivity contribution >= 4 is 5.91 Å². The SMILES string of the molecule is CC(C)(C)CNC(=O)C1NCCc2ccccc21. The van der Waals surface area contributed by atoms with Crippen LogP contribution in [0.15, 0.2) is 24.3 Å². The van der Waals surface area contributed by atoms with Crippen LogP contribution in [-0.2, 0) is 11.2 Å². The van der Waals surface area contributed by atoms with Crippen LogP contribution in [0.5, 0.6) is 0 Å². The molecule has 98 valence electrons. The first-order valence-corrected chi connectivity index (χ1v) is 6.56. The minimum absolute atomic E-state index is 0.0806. The maximum absolute atomic E-state index is 12.2. The van der Waals surface area contributed by atoms with Gasteiger partial charge >= 0.3 is 0 Å². The van der Waals surface area contributed by atoms with Crippen LogP contribution in [0.25, 0.3) is 0 Å². The summed E-state index contributed by atoms with van der Waals surface area (Å²) in [5, 5.41) is 6.33. The summed E-state index contributed by atoms with van der Waals surface area (Å²) < 4.78 is 0. The molecule has 3 heteroatoms. The Bertz CT molecular complexity index is 434. The highest BCUT2D eigenvalue weighted by molar-refractivity contribution is 5.84. The predicted molar refractivity (Wildman–Crippen MR) is 73.4 cm³/mol. The molecule has 0 spiro atoms. The van der Waals surface area contributed by atoms with E-state index < -0.39 is 0 Å². The number of hydrogen-bond donors (Lipinski definition) is 2. The van der Waals surface area contributed by atoms with Gasteiger partial charge in [0.05, 0.1) is 0 Å². The van der Waals surface area contributed by atoms with E-state index in [0.29, 0.717) is 6.54 Å². The Balaban J connectivity index is 2.08. The van der Waals surface area contributed by atoms with E-state index in [1.54, 1.807) is 0 Å². The normalized spacial score (nSPS) is 19.2. The summed E-state index contributed by atoms with van der Waals surface area (Å²) in [5.74, 6) is 0.0806. The van der Waals surface area contributed by atoms with Crippen molar-refractivity contribution in [1.82, 2.24) is 10.6 Å². The summed E-state index contributed by atoms with van der Waals surface area (Å²) in [7, 11) is 0. The summed E-state index contributed by atoms with van der Waals surface area (Å²) in [4.78, 5) is 12.2. The Morgan fingerprint density at radius 2 is 2.11 bits per heavy atom. The standard InChI is InChI=1S/C15H22N2O/c1-15(2,3)10-17-14(18)13-12-7-5-4-6-11(12)8-9-16-13/h4-7,13,16H,8-10H2,1-3H3,(H,17,18). The lowest BCUT2D eigenvalue weighted by Crippen LogP contribution is -2.43. The van der Waals surface area contributed by atoms with Gasteiger partial charge in [0.15, 0.2) is 0 Å². The Kier molecular flexibility index (Phi) is 3.71. The molecule has 0 aliphatic carbocycles. The second kappa shape index (κ2) is 5.11. The van der Waals surface area contributed by atoms with Crippen molar-refractivity contribution in [2.75, 3.05) is 13.1 Å². The lowest BCUT2D eigenvalue weighted by atomic mass is 9.93. The number of fused-ring (bicyclic) bond motifs is 1. The third kappa shape index (κ3) is 3.10. The Hall–Kier alpha value is -1.35. The molecule has 0 fully saturated rings. The summed E-state index contributed by atoms with van der Waals surface area (Å²) in [5.41, 5.74) is 2.52. The molecular weight excluding hydrogens is 224 g/mol. The third-order valence-corrected chi connectivity index (χ3v) is 3.16. The van der Waals surface area contributed by atoms with Crippen molar-refractivity contribution < 1.29 is 4.79 Å². The second-order valence-corrected chi connectivity index (χ2v) is 6.11. The van der Waals surface area contributed by atoms with Crippen LogP contribution in [0.1, 0.15) is 37.9 Å². The summed E-state index contributed by atoms with van der Waals surface area (Å²) in [6.07, 6.45) is 0.999. The minimum atomic E-state index is -0.197. The molecule has 1 unspecified atom stereocenters. The number of carbonyl (C=O) groups is 1. The molecule has 0 radical (unpaired) electrons. The number of hydrogen-bond acceptors (Lipinski definition) is 2. The van der Waals surface area contributed by atoms with Gasteiger partial charge in [-0.15, -0.1) is 0 Å². The van der Waals surface area contributed by atoms with E-state index in [9.17, 15) is 4.79 Å². The molecule has 1 aromatic rings. The van der Waals surface area contributed by atoms with E-state index in [0.717, 1.165) is 18.5 Å². The molecule has 0 saturated heterocycles. The molecule has 1 atom stereocenters. The van der Waals surface area contributed by atoms with Crippen LogP contribution in [0.2, 0.25) is 0 Å². The van der Waals surface area contributed by atoms with Gasteiger partial charge in [-0.3, -0.25) is 4.79 Å². The van der Waals surface area contributed by atoms with Crippen LogP contribution in [-0.4, -0.2) is 19.0 Å². The van der Waals surface area contributed by atoms with Gasteiger partial charge in [0.25, 0.3) is 0 Å². The first kappa shape index (κ1) is 13.1. The maximum atomic E-state index is 12.2. The van der Waals surface area contributed by atoms with Crippen LogP contribution in [0.4, 0.5) is 0 Å². The Morgan fingerprint density at radius 3 is 2.83 bits per heavy atom. The van der Waals surface area contributed by atoms with Gasteiger partial charge in [-0.25, -0.2) is 0 Å². The van der Waals surface area contributed by atoms with Crippen molar-refractivity contribution in [3.8, 4) is 0 Å². The fraction of sp³-hybridized carbons (Fsp3) is 0.533. The van der Waals surface area contributed by atoms with Gasteiger partial charge in [0, 0.05) is 13.1 Å². The van der Waals surface area contributed by atoms with Crippen molar-refractivity contribution in [2.24, 2.45) is 5.41 Å². The molecule has 1 aromatic carbocycles. The lowest BCUT2D eigenvalue weighted by molar-refractivity contribution is -0.123. The molecule has 1 aliphatic rings. The Morgan fingerprint density at radius 1 is 1.39 bits per heavy atom. The van der Waals surface area contributed by atoms with Crippen LogP contribution in [0, 0.1) is 5.41 Å². The number of carbonyl (C=O) groups excluding carboxylic acids is 1.